The van der Waals surface area contributed by atoms with Crippen molar-refractivity contribution in [1.29, 1.82) is 0 Å². The van der Waals surface area contributed by atoms with E-state index in [4.69, 9.17) is 0 Å². The number of hydrogen-bond donors (Lipinski definition) is 0. The van der Waals surface area contributed by atoms with E-state index in [2.05, 4.69) is 67.9 Å². The molecule has 0 saturated heterocycles. The fourth-order valence-corrected chi connectivity index (χ4v) is 4.25. The van der Waals surface area contributed by atoms with Crippen molar-refractivity contribution in [2.45, 2.75) is 32.5 Å². The van der Waals surface area contributed by atoms with Crippen LogP contribution in [0.15, 0.2) is 24.3 Å². The highest BCUT2D eigenvalue weighted by molar-refractivity contribution is 9.09. The van der Waals surface area contributed by atoms with Crippen LogP contribution in [0.5, 0.6) is 0 Å². The zero-order chi connectivity index (χ0) is 12.6. The van der Waals surface area contributed by atoms with E-state index in [0.717, 1.165) is 0 Å². The van der Waals surface area contributed by atoms with Crippen LogP contribution < -0.4 is 0 Å². The lowest BCUT2D eigenvalue weighted by molar-refractivity contribution is 1.15. The molecule has 2 aromatic rings. The normalized spacial score (nSPS) is 12.8. The highest BCUT2D eigenvalue weighted by Gasteiger charge is 2.17. The van der Waals surface area contributed by atoms with Gasteiger partial charge in [0.05, 0.1) is 4.83 Å². The minimum atomic E-state index is 0.320. The number of rotatable bonds is 2. The van der Waals surface area contributed by atoms with E-state index in [1.165, 1.54) is 32.0 Å². The van der Waals surface area contributed by atoms with Crippen molar-refractivity contribution >= 4 is 27.3 Å². The number of halogens is 1. The first kappa shape index (κ1) is 12.8. The average Bonchev–Trinajstić information content (AvgIpc) is 2.60. The van der Waals surface area contributed by atoms with Crippen molar-refractivity contribution in [3.05, 3.63) is 56.3 Å². The van der Waals surface area contributed by atoms with Crippen molar-refractivity contribution in [3.8, 4) is 0 Å². The molecule has 0 fully saturated rings. The number of hydrogen-bond acceptors (Lipinski definition) is 1. The van der Waals surface area contributed by atoms with Gasteiger partial charge < -0.3 is 0 Å². The first-order valence-electron chi connectivity index (χ1n) is 5.77. The van der Waals surface area contributed by atoms with Crippen LogP contribution in [0, 0.1) is 27.7 Å². The molecule has 0 aliphatic heterocycles. The summed E-state index contributed by atoms with van der Waals surface area (Å²) in [4.78, 5) is 3.13. The Balaban J connectivity index is 2.46. The molecule has 1 heterocycles. The zero-order valence-electron chi connectivity index (χ0n) is 10.7. The Morgan fingerprint density at radius 2 is 1.71 bits per heavy atom. The predicted molar refractivity (Wildman–Crippen MR) is 80.5 cm³/mol. The molecule has 2 heteroatoms. The lowest BCUT2D eigenvalue weighted by atomic mass is 10.0. The quantitative estimate of drug-likeness (QED) is 0.646. The fourth-order valence-electron chi connectivity index (χ4n) is 2.09. The maximum absolute atomic E-state index is 3.85. The van der Waals surface area contributed by atoms with E-state index in [0.29, 0.717) is 4.83 Å². The van der Waals surface area contributed by atoms with Crippen molar-refractivity contribution in [2.24, 2.45) is 0 Å². The second kappa shape index (κ2) is 4.95. The number of alkyl halides is 1. The molecular formula is C15H17BrS. The molecule has 1 aromatic heterocycles. The van der Waals surface area contributed by atoms with Gasteiger partial charge in [-0.05, 0) is 50.5 Å². The number of aryl methyl sites for hydroxylation is 4. The first-order chi connectivity index (χ1) is 7.99. The van der Waals surface area contributed by atoms with Crippen LogP contribution in [0.1, 0.15) is 36.8 Å². The van der Waals surface area contributed by atoms with E-state index >= 15 is 0 Å². The fraction of sp³-hybridized carbons (Fsp3) is 0.333. The van der Waals surface area contributed by atoms with Gasteiger partial charge in [-0.1, -0.05) is 39.7 Å². The van der Waals surface area contributed by atoms with Gasteiger partial charge in [-0.15, -0.1) is 11.3 Å². The van der Waals surface area contributed by atoms with Gasteiger partial charge in [-0.25, -0.2) is 0 Å². The lowest BCUT2D eigenvalue weighted by Crippen LogP contribution is -1.95. The zero-order valence-corrected chi connectivity index (χ0v) is 13.1. The monoisotopic (exact) mass is 308 g/mol. The molecule has 0 radical (unpaired) electrons. The molecule has 1 aromatic carbocycles. The summed E-state index contributed by atoms with van der Waals surface area (Å²) in [5.74, 6) is 0. The van der Waals surface area contributed by atoms with Gasteiger partial charge in [0.2, 0.25) is 0 Å². The molecule has 0 nitrogen and oxygen atoms in total. The van der Waals surface area contributed by atoms with Crippen LogP contribution >= 0.6 is 27.3 Å². The highest BCUT2D eigenvalue weighted by atomic mass is 79.9. The molecule has 17 heavy (non-hydrogen) atoms. The van der Waals surface area contributed by atoms with Gasteiger partial charge in [0.1, 0.15) is 0 Å². The molecule has 0 spiro atoms. The summed E-state index contributed by atoms with van der Waals surface area (Å²) in [5, 5.41) is 0. The summed E-state index contributed by atoms with van der Waals surface area (Å²) in [6.45, 7) is 8.69. The summed E-state index contributed by atoms with van der Waals surface area (Å²) in [6, 6.07) is 8.92. The Hall–Kier alpha value is -0.600. The molecule has 0 N–H and O–H groups in total. The maximum Gasteiger partial charge on any atom is 0.0743 e. The third-order valence-corrected chi connectivity index (χ3v) is 5.49. The molecular weight excluding hydrogens is 292 g/mol. The predicted octanol–water partition coefficient (Wildman–Crippen LogP) is 5.47. The third kappa shape index (κ3) is 2.63. The standard InChI is InChI=1S/C15H17BrS/c1-9-5-6-10(2)13(7-9)14(16)15-11(3)8-12(4)17-15/h5-8,14H,1-4H3. The molecule has 0 aliphatic rings. The highest BCUT2D eigenvalue weighted by Crippen LogP contribution is 2.39. The van der Waals surface area contributed by atoms with E-state index in [9.17, 15) is 0 Å². The molecule has 0 amide bonds. The van der Waals surface area contributed by atoms with Gasteiger partial charge in [0, 0.05) is 9.75 Å². The maximum atomic E-state index is 3.85. The molecule has 1 atom stereocenters. The summed E-state index contributed by atoms with van der Waals surface area (Å²) in [6.07, 6.45) is 0. The van der Waals surface area contributed by atoms with Gasteiger partial charge in [-0.2, -0.15) is 0 Å². The van der Waals surface area contributed by atoms with Crippen LogP contribution in [0.3, 0.4) is 0 Å². The summed E-state index contributed by atoms with van der Waals surface area (Å²) in [7, 11) is 0. The molecule has 0 aliphatic carbocycles. The Bertz CT molecular complexity index is 540. The van der Waals surface area contributed by atoms with Crippen LogP contribution in [-0.4, -0.2) is 0 Å². The van der Waals surface area contributed by atoms with Crippen molar-refractivity contribution in [2.75, 3.05) is 0 Å². The molecule has 0 bridgehead atoms. The summed E-state index contributed by atoms with van der Waals surface area (Å²) >= 11 is 5.74. The molecule has 0 saturated carbocycles. The van der Waals surface area contributed by atoms with Gasteiger partial charge >= 0.3 is 0 Å². The van der Waals surface area contributed by atoms with Crippen molar-refractivity contribution < 1.29 is 0 Å². The largest absolute Gasteiger partial charge is 0.144 e. The Morgan fingerprint density at radius 1 is 1.00 bits per heavy atom. The van der Waals surface area contributed by atoms with Gasteiger partial charge in [0.25, 0.3) is 0 Å². The minimum Gasteiger partial charge on any atom is -0.144 e. The molecule has 1 unspecified atom stereocenters. The number of benzene rings is 1. The smallest absolute Gasteiger partial charge is 0.0743 e. The molecule has 90 valence electrons. The van der Waals surface area contributed by atoms with Gasteiger partial charge in [0.15, 0.2) is 0 Å². The van der Waals surface area contributed by atoms with E-state index < -0.39 is 0 Å². The Morgan fingerprint density at radius 3 is 2.29 bits per heavy atom. The first-order valence-corrected chi connectivity index (χ1v) is 7.50. The van der Waals surface area contributed by atoms with Crippen LogP contribution in [0.2, 0.25) is 0 Å². The average molecular weight is 309 g/mol. The number of thiophene rings is 1. The Labute approximate surface area is 116 Å². The third-order valence-electron chi connectivity index (χ3n) is 3.02. The Kier molecular flexibility index (Phi) is 3.74. The van der Waals surface area contributed by atoms with Gasteiger partial charge in [-0.3, -0.25) is 0 Å². The summed E-state index contributed by atoms with van der Waals surface area (Å²) in [5.41, 5.74) is 5.44. The van der Waals surface area contributed by atoms with E-state index in [-0.39, 0.29) is 0 Å². The van der Waals surface area contributed by atoms with Crippen molar-refractivity contribution in [3.63, 3.8) is 0 Å². The SMILES string of the molecule is Cc1ccc(C)c(C(Br)c2sc(C)cc2C)c1. The second-order valence-corrected chi connectivity index (χ2v) is 6.83. The van der Waals surface area contributed by atoms with E-state index in [1.807, 2.05) is 11.3 Å². The minimum absolute atomic E-state index is 0.320. The van der Waals surface area contributed by atoms with Crippen LogP contribution in [-0.2, 0) is 0 Å². The van der Waals surface area contributed by atoms with Crippen LogP contribution in [0.25, 0.3) is 0 Å². The van der Waals surface area contributed by atoms with Crippen molar-refractivity contribution in [1.82, 2.24) is 0 Å². The topological polar surface area (TPSA) is 0 Å². The second-order valence-electron chi connectivity index (χ2n) is 4.63. The lowest BCUT2D eigenvalue weighted by Gasteiger charge is -2.13. The van der Waals surface area contributed by atoms with Crippen LogP contribution in [0.4, 0.5) is 0 Å². The molecule has 2 rings (SSSR count). The van der Waals surface area contributed by atoms with E-state index in [1.54, 1.807) is 0 Å². The summed E-state index contributed by atoms with van der Waals surface area (Å²) < 4.78 is 0.